The van der Waals surface area contributed by atoms with Crippen molar-refractivity contribution in [3.8, 4) is 0 Å². The van der Waals surface area contributed by atoms with E-state index in [4.69, 9.17) is 4.74 Å². The molecule has 2 rings (SSSR count). The van der Waals surface area contributed by atoms with Gasteiger partial charge in [-0.1, -0.05) is 6.07 Å². The first-order valence-electron chi connectivity index (χ1n) is 8.18. The van der Waals surface area contributed by atoms with Gasteiger partial charge in [-0.05, 0) is 18.6 Å². The predicted octanol–water partition coefficient (Wildman–Crippen LogP) is 0.284. The molecule has 0 spiro atoms. The Bertz CT molecular complexity index is 608. The Morgan fingerprint density at radius 2 is 2.08 bits per heavy atom. The number of ether oxygens (including phenoxy) is 1. The molecule has 0 saturated carbocycles. The lowest BCUT2D eigenvalue weighted by molar-refractivity contribution is -0.148. The van der Waals surface area contributed by atoms with Gasteiger partial charge in [-0.25, -0.2) is 0 Å². The van der Waals surface area contributed by atoms with Crippen LogP contribution in [-0.2, 0) is 25.7 Å². The Hall–Kier alpha value is -2.48. The Morgan fingerprint density at radius 3 is 2.72 bits per heavy atom. The van der Waals surface area contributed by atoms with Crippen LogP contribution in [0, 0.1) is 11.8 Å². The van der Waals surface area contributed by atoms with E-state index in [0.717, 1.165) is 5.69 Å². The van der Waals surface area contributed by atoms with E-state index in [2.05, 4.69) is 10.3 Å². The summed E-state index contributed by atoms with van der Waals surface area (Å²) in [5.74, 6) is -2.75. The highest BCUT2D eigenvalue weighted by atomic mass is 16.5. The molecule has 2 N–H and O–H groups in total. The molecular weight excluding hydrogens is 326 g/mol. The molecule has 2 atom stereocenters. The van der Waals surface area contributed by atoms with Crippen LogP contribution in [-0.4, -0.2) is 59.6 Å². The highest BCUT2D eigenvalue weighted by Gasteiger charge is 2.36. The van der Waals surface area contributed by atoms with Crippen LogP contribution in [0.3, 0.4) is 0 Å². The number of methoxy groups -OCH3 is 1. The molecule has 0 aromatic carbocycles. The third-order valence-corrected chi connectivity index (χ3v) is 4.21. The molecule has 1 aromatic rings. The Morgan fingerprint density at radius 1 is 1.32 bits per heavy atom. The number of amides is 2. The number of carboxylic acids is 1. The van der Waals surface area contributed by atoms with Crippen molar-refractivity contribution in [2.75, 3.05) is 26.8 Å². The summed E-state index contributed by atoms with van der Waals surface area (Å²) >= 11 is 0. The van der Waals surface area contributed by atoms with Crippen molar-refractivity contribution in [3.05, 3.63) is 30.1 Å². The SMILES string of the molecule is COCCC(=O)N1C[C@@H](C(=O)O)C[C@H](C(=O)NCc2ccccn2)C1. The molecule has 2 heterocycles. The fourth-order valence-corrected chi connectivity index (χ4v) is 2.84. The summed E-state index contributed by atoms with van der Waals surface area (Å²) in [6, 6.07) is 5.40. The number of piperidine rings is 1. The number of hydrogen-bond donors (Lipinski definition) is 2. The van der Waals surface area contributed by atoms with Gasteiger partial charge in [-0.3, -0.25) is 19.4 Å². The Labute approximate surface area is 146 Å². The fraction of sp³-hybridized carbons (Fsp3) is 0.529. The number of nitrogens with one attached hydrogen (secondary N) is 1. The van der Waals surface area contributed by atoms with E-state index >= 15 is 0 Å². The number of nitrogens with zero attached hydrogens (tertiary/aromatic N) is 2. The van der Waals surface area contributed by atoms with E-state index in [1.807, 2.05) is 6.07 Å². The highest BCUT2D eigenvalue weighted by molar-refractivity contribution is 5.83. The number of likely N-dealkylation sites (tertiary alicyclic amines) is 1. The van der Waals surface area contributed by atoms with Crippen molar-refractivity contribution in [1.29, 1.82) is 0 Å². The van der Waals surface area contributed by atoms with Gasteiger partial charge >= 0.3 is 5.97 Å². The van der Waals surface area contributed by atoms with Gasteiger partial charge in [0.2, 0.25) is 11.8 Å². The molecule has 136 valence electrons. The van der Waals surface area contributed by atoms with Gasteiger partial charge in [-0.2, -0.15) is 0 Å². The van der Waals surface area contributed by atoms with Crippen LogP contribution in [0.2, 0.25) is 0 Å². The first-order chi connectivity index (χ1) is 12.0. The maximum absolute atomic E-state index is 12.4. The number of hydrogen-bond acceptors (Lipinski definition) is 5. The van der Waals surface area contributed by atoms with Gasteiger partial charge in [-0.15, -0.1) is 0 Å². The van der Waals surface area contributed by atoms with Crippen molar-refractivity contribution in [1.82, 2.24) is 15.2 Å². The minimum absolute atomic E-state index is 0.127. The molecule has 1 aromatic heterocycles. The monoisotopic (exact) mass is 349 g/mol. The lowest BCUT2D eigenvalue weighted by Crippen LogP contribution is -2.50. The van der Waals surface area contributed by atoms with Gasteiger partial charge in [0.25, 0.3) is 0 Å². The normalized spacial score (nSPS) is 20.1. The summed E-state index contributed by atoms with van der Waals surface area (Å²) in [6.07, 6.45) is 2.03. The van der Waals surface area contributed by atoms with Crippen LogP contribution in [0.5, 0.6) is 0 Å². The summed E-state index contributed by atoms with van der Waals surface area (Å²) in [4.78, 5) is 41.6. The minimum atomic E-state index is -0.994. The molecule has 1 saturated heterocycles. The largest absolute Gasteiger partial charge is 0.481 e. The zero-order chi connectivity index (χ0) is 18.2. The topological polar surface area (TPSA) is 109 Å². The van der Waals surface area contributed by atoms with E-state index in [0.29, 0.717) is 0 Å². The van der Waals surface area contributed by atoms with Gasteiger partial charge < -0.3 is 20.1 Å². The third kappa shape index (κ3) is 5.53. The zero-order valence-corrected chi connectivity index (χ0v) is 14.2. The first kappa shape index (κ1) is 18.9. The van der Waals surface area contributed by atoms with Gasteiger partial charge in [0.1, 0.15) is 0 Å². The third-order valence-electron chi connectivity index (χ3n) is 4.21. The molecule has 0 aliphatic carbocycles. The lowest BCUT2D eigenvalue weighted by atomic mass is 9.88. The standard InChI is InChI=1S/C17H23N3O5/c1-25-7-5-15(21)20-10-12(8-13(11-20)17(23)24)16(22)19-9-14-4-2-3-6-18-14/h2-4,6,12-13H,5,7-11H2,1H3,(H,19,22)(H,23,24)/t12-,13-/m0/s1. The lowest BCUT2D eigenvalue weighted by Gasteiger charge is -2.35. The fourth-order valence-electron chi connectivity index (χ4n) is 2.84. The minimum Gasteiger partial charge on any atom is -0.481 e. The first-order valence-corrected chi connectivity index (χ1v) is 8.18. The molecule has 2 amide bonds. The maximum atomic E-state index is 12.4. The molecule has 25 heavy (non-hydrogen) atoms. The average Bonchev–Trinajstić information content (AvgIpc) is 2.64. The molecule has 8 nitrogen and oxygen atoms in total. The summed E-state index contributed by atoms with van der Waals surface area (Å²) < 4.78 is 4.89. The smallest absolute Gasteiger partial charge is 0.308 e. The van der Waals surface area contributed by atoms with Crippen molar-refractivity contribution in [2.45, 2.75) is 19.4 Å². The van der Waals surface area contributed by atoms with E-state index in [-0.39, 0.29) is 50.9 Å². The Balaban J connectivity index is 1.98. The van der Waals surface area contributed by atoms with Crippen LogP contribution in [0.25, 0.3) is 0 Å². The van der Waals surface area contributed by atoms with Crippen LogP contribution in [0.4, 0.5) is 0 Å². The van der Waals surface area contributed by atoms with Crippen LogP contribution >= 0.6 is 0 Å². The van der Waals surface area contributed by atoms with Crippen molar-refractivity contribution >= 4 is 17.8 Å². The number of aromatic nitrogens is 1. The summed E-state index contributed by atoms with van der Waals surface area (Å²) in [5.41, 5.74) is 0.717. The molecule has 8 heteroatoms. The van der Waals surface area contributed by atoms with Crippen LogP contribution in [0.15, 0.2) is 24.4 Å². The van der Waals surface area contributed by atoms with E-state index in [9.17, 15) is 19.5 Å². The van der Waals surface area contributed by atoms with Crippen molar-refractivity contribution < 1.29 is 24.2 Å². The summed E-state index contributed by atoms with van der Waals surface area (Å²) in [6.45, 7) is 0.886. The second-order valence-corrected chi connectivity index (χ2v) is 6.05. The number of carbonyl (C=O) groups excluding carboxylic acids is 2. The number of carboxylic acid groups (broad SMARTS) is 1. The van der Waals surface area contributed by atoms with Gasteiger partial charge in [0.15, 0.2) is 0 Å². The second kappa shape index (κ2) is 9.12. The van der Waals surface area contributed by atoms with Gasteiger partial charge in [0, 0.05) is 26.4 Å². The second-order valence-electron chi connectivity index (χ2n) is 6.05. The molecule has 1 fully saturated rings. The Kier molecular flexibility index (Phi) is 6.88. The number of aliphatic carboxylic acids is 1. The van der Waals surface area contributed by atoms with Crippen LogP contribution in [0.1, 0.15) is 18.5 Å². The molecule has 0 bridgehead atoms. The number of carbonyl (C=O) groups is 3. The zero-order valence-electron chi connectivity index (χ0n) is 14.2. The van der Waals surface area contributed by atoms with Gasteiger partial charge in [0.05, 0.1) is 37.1 Å². The van der Waals surface area contributed by atoms with Crippen LogP contribution < -0.4 is 5.32 Å². The van der Waals surface area contributed by atoms with Crippen molar-refractivity contribution in [3.63, 3.8) is 0 Å². The molecule has 0 unspecified atom stereocenters. The quantitative estimate of drug-likeness (QED) is 0.732. The van der Waals surface area contributed by atoms with E-state index < -0.39 is 17.8 Å². The van der Waals surface area contributed by atoms with E-state index in [1.54, 1.807) is 18.3 Å². The molecule has 0 radical (unpaired) electrons. The van der Waals surface area contributed by atoms with E-state index in [1.165, 1.54) is 12.0 Å². The highest BCUT2D eigenvalue weighted by Crippen LogP contribution is 2.23. The predicted molar refractivity (Wildman–Crippen MR) is 88.4 cm³/mol. The van der Waals surface area contributed by atoms with Crippen molar-refractivity contribution in [2.24, 2.45) is 11.8 Å². The molecular formula is C17H23N3O5. The average molecular weight is 349 g/mol. The molecule has 1 aliphatic rings. The molecule has 1 aliphatic heterocycles. The number of pyridine rings is 1. The summed E-state index contributed by atoms with van der Waals surface area (Å²) in [7, 11) is 1.50. The number of rotatable bonds is 7. The maximum Gasteiger partial charge on any atom is 0.308 e. The summed E-state index contributed by atoms with van der Waals surface area (Å²) in [5, 5.41) is 12.1.